The minimum absolute atomic E-state index is 0.121. The molecule has 1 saturated carbocycles. The first kappa shape index (κ1) is 22.2. The van der Waals surface area contributed by atoms with Crippen LogP contribution in [0.15, 0.2) is 72.2 Å². The monoisotopic (exact) mass is 396 g/mol. The van der Waals surface area contributed by atoms with Gasteiger partial charge in [0.25, 0.3) is 0 Å². The number of hydrogen-bond donors (Lipinski definition) is 0. The fourth-order valence-electron chi connectivity index (χ4n) is 3.62. The van der Waals surface area contributed by atoms with Crippen LogP contribution in [-0.4, -0.2) is 17.8 Å². The molecule has 1 aliphatic heterocycles. The molecule has 0 aromatic heterocycles. The molecular weight excluding hydrogens is 364 g/mol. The zero-order valence-corrected chi connectivity index (χ0v) is 18.4. The Hall–Kier alpha value is -2.06. The van der Waals surface area contributed by atoms with Gasteiger partial charge in [-0.3, -0.25) is 4.99 Å². The molecule has 3 heteroatoms. The summed E-state index contributed by atoms with van der Waals surface area (Å²) in [5.41, 5.74) is 1.94. The van der Waals surface area contributed by atoms with Gasteiger partial charge in [0.05, 0.1) is 12.4 Å². The maximum atomic E-state index is 6.11. The summed E-state index contributed by atoms with van der Waals surface area (Å²) in [6, 6.07) is 18.7. The fourth-order valence-corrected chi connectivity index (χ4v) is 3.75. The van der Waals surface area contributed by atoms with E-state index in [1.165, 1.54) is 24.0 Å². The van der Waals surface area contributed by atoms with Crippen LogP contribution in [0.4, 0.5) is 0 Å². The van der Waals surface area contributed by atoms with Crippen LogP contribution in [0.1, 0.15) is 57.7 Å². The molecular formula is C25H33ClN2. The molecule has 150 valence electrons. The van der Waals surface area contributed by atoms with E-state index in [4.69, 9.17) is 16.6 Å². The van der Waals surface area contributed by atoms with Crippen molar-refractivity contribution in [3.8, 4) is 0 Å². The number of benzene rings is 2. The second-order valence-electron chi connectivity index (χ2n) is 6.73. The van der Waals surface area contributed by atoms with Gasteiger partial charge in [0.15, 0.2) is 0 Å². The van der Waals surface area contributed by atoms with Crippen LogP contribution >= 0.6 is 11.6 Å². The minimum atomic E-state index is -0.454. The summed E-state index contributed by atoms with van der Waals surface area (Å²) in [6.07, 6.45) is 6.66. The molecule has 2 aromatic rings. The van der Waals surface area contributed by atoms with Crippen molar-refractivity contribution in [2.75, 3.05) is 6.54 Å². The van der Waals surface area contributed by atoms with Gasteiger partial charge in [0.1, 0.15) is 5.54 Å². The van der Waals surface area contributed by atoms with Crippen molar-refractivity contribution in [2.45, 2.75) is 52.1 Å². The highest BCUT2D eigenvalue weighted by molar-refractivity contribution is 6.30. The predicted molar refractivity (Wildman–Crippen MR) is 123 cm³/mol. The Bertz CT molecular complexity index is 750. The number of aliphatic imine (C=N–C) groups is 1. The Morgan fingerprint density at radius 3 is 2.18 bits per heavy atom. The lowest BCUT2D eigenvalue weighted by molar-refractivity contribution is 0.264. The number of rotatable bonds is 5. The van der Waals surface area contributed by atoms with Crippen LogP contribution in [0.25, 0.3) is 0 Å². The highest BCUT2D eigenvalue weighted by atomic mass is 35.5. The molecule has 1 fully saturated rings. The molecule has 2 aliphatic rings. The van der Waals surface area contributed by atoms with Crippen LogP contribution in [-0.2, 0) is 5.54 Å². The van der Waals surface area contributed by atoms with Gasteiger partial charge < -0.3 is 4.90 Å². The van der Waals surface area contributed by atoms with Crippen LogP contribution in [0, 0.1) is 5.92 Å². The van der Waals surface area contributed by atoms with Crippen molar-refractivity contribution < 1.29 is 0 Å². The zero-order chi connectivity index (χ0) is 20.6. The molecule has 0 bridgehead atoms. The van der Waals surface area contributed by atoms with Crippen molar-refractivity contribution in [1.82, 2.24) is 4.90 Å². The Balaban J connectivity index is 0.000000660. The van der Waals surface area contributed by atoms with Crippen molar-refractivity contribution >= 4 is 17.9 Å². The molecule has 2 aromatic carbocycles. The molecule has 0 N–H and O–H groups in total. The van der Waals surface area contributed by atoms with E-state index in [0.717, 1.165) is 17.5 Å². The van der Waals surface area contributed by atoms with Crippen molar-refractivity contribution in [2.24, 2.45) is 10.9 Å². The molecule has 0 radical (unpaired) electrons. The summed E-state index contributed by atoms with van der Waals surface area (Å²) < 4.78 is 0. The van der Waals surface area contributed by atoms with Gasteiger partial charge in [-0.25, -0.2) is 0 Å². The number of nitrogens with zero attached hydrogens (tertiary/aromatic N) is 2. The molecule has 4 rings (SSSR count). The Morgan fingerprint density at radius 1 is 1.04 bits per heavy atom. The predicted octanol–water partition coefficient (Wildman–Crippen LogP) is 7.27. The van der Waals surface area contributed by atoms with E-state index in [9.17, 15) is 0 Å². The molecule has 2 unspecified atom stereocenters. The van der Waals surface area contributed by atoms with Gasteiger partial charge >= 0.3 is 0 Å². The summed E-state index contributed by atoms with van der Waals surface area (Å²) in [7, 11) is 0. The summed E-state index contributed by atoms with van der Waals surface area (Å²) in [5, 5.41) is 0.760. The van der Waals surface area contributed by atoms with Gasteiger partial charge in [-0.1, -0.05) is 87.8 Å². The third-order valence-corrected chi connectivity index (χ3v) is 5.32. The standard InChI is InChI=1S/C21H21ClN2.2C2H6/c1-2-21(18-6-4-3-5-7-18)20(17-10-12-19(22)13-11-17)24(15-23-21)14-16-8-9-16;2*1-2/h2-7,10-13,15-16,20H,1,8-9,14H2;2*1-2H3. The Kier molecular flexibility index (Phi) is 8.32. The van der Waals surface area contributed by atoms with E-state index in [-0.39, 0.29) is 6.04 Å². The molecule has 0 saturated heterocycles. The summed E-state index contributed by atoms with van der Waals surface area (Å²) in [4.78, 5) is 7.33. The first-order chi connectivity index (χ1) is 13.7. The quantitative estimate of drug-likeness (QED) is 0.485. The molecule has 0 spiro atoms. The van der Waals surface area contributed by atoms with E-state index in [1.54, 1.807) is 0 Å². The maximum Gasteiger partial charge on any atom is 0.130 e. The Morgan fingerprint density at radius 2 is 1.64 bits per heavy atom. The second-order valence-corrected chi connectivity index (χ2v) is 7.17. The molecule has 28 heavy (non-hydrogen) atoms. The number of hydrogen-bond acceptors (Lipinski definition) is 2. The first-order valence-corrected chi connectivity index (χ1v) is 10.9. The lowest BCUT2D eigenvalue weighted by Crippen LogP contribution is -2.36. The van der Waals surface area contributed by atoms with Crippen molar-refractivity contribution in [1.29, 1.82) is 0 Å². The highest BCUT2D eigenvalue weighted by Crippen LogP contribution is 2.48. The van der Waals surface area contributed by atoms with Gasteiger partial charge in [-0.15, -0.1) is 6.58 Å². The number of halogens is 1. The van der Waals surface area contributed by atoms with E-state index in [1.807, 2.05) is 58.3 Å². The lowest BCUT2D eigenvalue weighted by Gasteiger charge is -2.36. The van der Waals surface area contributed by atoms with Crippen molar-refractivity contribution in [3.63, 3.8) is 0 Å². The normalized spacial score (nSPS) is 22.6. The zero-order valence-electron chi connectivity index (χ0n) is 17.6. The van der Waals surface area contributed by atoms with Crippen LogP contribution in [0.3, 0.4) is 0 Å². The van der Waals surface area contributed by atoms with Crippen LogP contribution < -0.4 is 0 Å². The van der Waals surface area contributed by atoms with Crippen LogP contribution in [0.5, 0.6) is 0 Å². The SMILES string of the molecule is C=CC1(c2ccccc2)N=CN(CC2CC2)C1c1ccc(Cl)cc1.CC.CC. The molecule has 0 amide bonds. The lowest BCUT2D eigenvalue weighted by atomic mass is 9.80. The second kappa shape index (κ2) is 10.5. The largest absolute Gasteiger partial charge is 0.352 e. The average Bonchev–Trinajstić information content (AvgIpc) is 3.51. The van der Waals surface area contributed by atoms with E-state index < -0.39 is 5.54 Å². The minimum Gasteiger partial charge on any atom is -0.352 e. The third-order valence-electron chi connectivity index (χ3n) is 5.07. The molecule has 2 atom stereocenters. The molecule has 2 nitrogen and oxygen atoms in total. The molecule has 1 aliphatic carbocycles. The van der Waals surface area contributed by atoms with E-state index >= 15 is 0 Å². The maximum absolute atomic E-state index is 6.11. The third kappa shape index (κ3) is 4.67. The van der Waals surface area contributed by atoms with Gasteiger partial charge in [-0.2, -0.15) is 0 Å². The van der Waals surface area contributed by atoms with E-state index in [0.29, 0.717) is 0 Å². The van der Waals surface area contributed by atoms with Gasteiger partial charge in [0.2, 0.25) is 0 Å². The smallest absolute Gasteiger partial charge is 0.130 e. The Labute approximate surface area is 176 Å². The summed E-state index contributed by atoms with van der Waals surface area (Å²) in [5.74, 6) is 0.794. The highest BCUT2D eigenvalue weighted by Gasteiger charge is 2.46. The summed E-state index contributed by atoms with van der Waals surface area (Å²) in [6.45, 7) is 13.2. The van der Waals surface area contributed by atoms with E-state index in [2.05, 4.69) is 47.9 Å². The summed E-state index contributed by atoms with van der Waals surface area (Å²) >= 11 is 6.11. The van der Waals surface area contributed by atoms with Crippen molar-refractivity contribution in [3.05, 3.63) is 83.4 Å². The van der Waals surface area contributed by atoms with Gasteiger partial charge in [0, 0.05) is 11.6 Å². The fraction of sp³-hybridized carbons (Fsp3) is 0.400. The van der Waals surface area contributed by atoms with Gasteiger partial charge in [-0.05, 0) is 42.0 Å². The average molecular weight is 397 g/mol. The topological polar surface area (TPSA) is 15.6 Å². The first-order valence-electron chi connectivity index (χ1n) is 10.5. The molecule has 1 heterocycles. The van der Waals surface area contributed by atoms with Crippen LogP contribution in [0.2, 0.25) is 5.02 Å².